The first kappa shape index (κ1) is 14.8. The van der Waals surface area contributed by atoms with E-state index in [1.165, 1.54) is 32.8 Å². The first-order chi connectivity index (χ1) is 9.10. The second-order valence-electron chi connectivity index (χ2n) is 5.99. The van der Waals surface area contributed by atoms with Crippen LogP contribution < -0.4 is 5.32 Å². The Bertz CT molecular complexity index is 299. The maximum absolute atomic E-state index is 11.8. The SMILES string of the molecule is COC(=O)C(CN(C)C1CCN(C)CC1)NC1CC1. The largest absolute Gasteiger partial charge is 0.468 e. The molecule has 0 radical (unpaired) electrons. The van der Waals surface area contributed by atoms with E-state index in [0.717, 1.165) is 19.6 Å². The maximum Gasteiger partial charge on any atom is 0.324 e. The molecular formula is C14H27N3O2. The summed E-state index contributed by atoms with van der Waals surface area (Å²) in [7, 11) is 5.77. The van der Waals surface area contributed by atoms with Crippen molar-refractivity contribution >= 4 is 5.97 Å². The number of nitrogens with zero attached hydrogens (tertiary/aromatic N) is 2. The molecule has 0 bridgehead atoms. The molecule has 0 aromatic heterocycles. The van der Waals surface area contributed by atoms with E-state index < -0.39 is 0 Å². The van der Waals surface area contributed by atoms with Gasteiger partial charge in [0.1, 0.15) is 6.04 Å². The molecule has 1 saturated heterocycles. The van der Waals surface area contributed by atoms with E-state index in [2.05, 4.69) is 29.2 Å². The van der Waals surface area contributed by atoms with Gasteiger partial charge in [0, 0.05) is 18.6 Å². The first-order valence-electron chi connectivity index (χ1n) is 7.33. The predicted octanol–water partition coefficient (Wildman–Crippen LogP) is 0.306. The Morgan fingerprint density at radius 3 is 2.53 bits per heavy atom. The van der Waals surface area contributed by atoms with E-state index in [-0.39, 0.29) is 12.0 Å². The normalized spacial score (nSPS) is 23.6. The van der Waals surface area contributed by atoms with Crippen LogP contribution in [0.4, 0.5) is 0 Å². The van der Waals surface area contributed by atoms with Crippen molar-refractivity contribution in [1.82, 2.24) is 15.1 Å². The van der Waals surface area contributed by atoms with Crippen LogP contribution in [0.5, 0.6) is 0 Å². The van der Waals surface area contributed by atoms with Gasteiger partial charge in [-0.2, -0.15) is 0 Å². The molecule has 1 unspecified atom stereocenters. The fourth-order valence-electron chi connectivity index (χ4n) is 2.74. The number of likely N-dealkylation sites (tertiary alicyclic amines) is 1. The number of hydrogen-bond donors (Lipinski definition) is 1. The lowest BCUT2D eigenvalue weighted by molar-refractivity contribution is -0.143. The molecule has 1 heterocycles. The Hall–Kier alpha value is -0.650. The Kier molecular flexibility index (Phi) is 5.19. The van der Waals surface area contributed by atoms with Crippen LogP contribution in [-0.2, 0) is 9.53 Å². The Morgan fingerprint density at radius 1 is 1.37 bits per heavy atom. The second kappa shape index (κ2) is 6.68. The van der Waals surface area contributed by atoms with Crippen LogP contribution in [-0.4, -0.2) is 74.7 Å². The zero-order valence-electron chi connectivity index (χ0n) is 12.4. The van der Waals surface area contributed by atoms with E-state index in [1.54, 1.807) is 0 Å². The van der Waals surface area contributed by atoms with Crippen molar-refractivity contribution in [3.8, 4) is 0 Å². The summed E-state index contributed by atoms with van der Waals surface area (Å²) in [4.78, 5) is 16.5. The van der Waals surface area contributed by atoms with E-state index >= 15 is 0 Å². The average Bonchev–Trinajstić information content (AvgIpc) is 3.21. The first-order valence-corrected chi connectivity index (χ1v) is 7.33. The van der Waals surface area contributed by atoms with Gasteiger partial charge in [-0.1, -0.05) is 0 Å². The quantitative estimate of drug-likeness (QED) is 0.703. The molecular weight excluding hydrogens is 242 g/mol. The molecule has 0 aromatic rings. The van der Waals surface area contributed by atoms with Crippen molar-refractivity contribution < 1.29 is 9.53 Å². The van der Waals surface area contributed by atoms with Crippen LogP contribution in [0.1, 0.15) is 25.7 Å². The molecule has 1 saturated carbocycles. The van der Waals surface area contributed by atoms with Crippen molar-refractivity contribution in [2.75, 3.05) is 40.8 Å². The number of rotatable bonds is 6. The minimum Gasteiger partial charge on any atom is -0.468 e. The average molecular weight is 269 g/mol. The third-order valence-corrected chi connectivity index (χ3v) is 4.28. The number of methoxy groups -OCH3 is 1. The highest BCUT2D eigenvalue weighted by Gasteiger charge is 2.31. The van der Waals surface area contributed by atoms with E-state index in [4.69, 9.17) is 4.74 Å². The Labute approximate surface area is 116 Å². The number of piperidine rings is 1. The third-order valence-electron chi connectivity index (χ3n) is 4.28. The van der Waals surface area contributed by atoms with Crippen molar-refractivity contribution in [2.45, 2.75) is 43.8 Å². The van der Waals surface area contributed by atoms with Gasteiger partial charge in [0.25, 0.3) is 0 Å². The van der Waals surface area contributed by atoms with Gasteiger partial charge in [-0.05, 0) is 52.9 Å². The topological polar surface area (TPSA) is 44.8 Å². The molecule has 2 aliphatic rings. The summed E-state index contributed by atoms with van der Waals surface area (Å²) in [6, 6.07) is 0.932. The molecule has 19 heavy (non-hydrogen) atoms. The van der Waals surface area contributed by atoms with Gasteiger partial charge >= 0.3 is 5.97 Å². The Morgan fingerprint density at radius 2 is 2.00 bits per heavy atom. The zero-order valence-corrected chi connectivity index (χ0v) is 12.4. The maximum atomic E-state index is 11.8. The smallest absolute Gasteiger partial charge is 0.324 e. The lowest BCUT2D eigenvalue weighted by atomic mass is 10.0. The summed E-state index contributed by atoms with van der Waals surface area (Å²) in [6.07, 6.45) is 4.74. The van der Waals surface area contributed by atoms with Crippen LogP contribution in [0.3, 0.4) is 0 Å². The van der Waals surface area contributed by atoms with Crippen molar-refractivity contribution in [3.63, 3.8) is 0 Å². The summed E-state index contributed by atoms with van der Waals surface area (Å²) in [6.45, 7) is 3.04. The van der Waals surface area contributed by atoms with Crippen molar-refractivity contribution in [3.05, 3.63) is 0 Å². The molecule has 1 aliphatic carbocycles. The highest BCUT2D eigenvalue weighted by Crippen LogP contribution is 2.20. The molecule has 5 nitrogen and oxygen atoms in total. The minimum absolute atomic E-state index is 0.133. The number of nitrogens with one attached hydrogen (secondary N) is 1. The molecule has 2 rings (SSSR count). The van der Waals surface area contributed by atoms with Gasteiger partial charge in [0.15, 0.2) is 0 Å². The lowest BCUT2D eigenvalue weighted by Crippen LogP contribution is -2.51. The van der Waals surface area contributed by atoms with E-state index in [9.17, 15) is 4.79 Å². The van der Waals surface area contributed by atoms with Crippen LogP contribution in [0, 0.1) is 0 Å². The number of likely N-dealkylation sites (N-methyl/N-ethyl adjacent to an activating group) is 1. The van der Waals surface area contributed by atoms with Crippen LogP contribution in [0.15, 0.2) is 0 Å². The van der Waals surface area contributed by atoms with Crippen molar-refractivity contribution in [1.29, 1.82) is 0 Å². The second-order valence-corrected chi connectivity index (χ2v) is 5.99. The summed E-state index contributed by atoms with van der Waals surface area (Å²) >= 11 is 0. The zero-order chi connectivity index (χ0) is 13.8. The molecule has 0 aromatic carbocycles. The monoisotopic (exact) mass is 269 g/mol. The molecule has 1 aliphatic heterocycles. The number of ether oxygens (including phenoxy) is 1. The van der Waals surface area contributed by atoms with Gasteiger partial charge in [-0.25, -0.2) is 0 Å². The summed E-state index contributed by atoms with van der Waals surface area (Å²) in [5.74, 6) is -0.133. The molecule has 0 spiro atoms. The van der Waals surface area contributed by atoms with Crippen LogP contribution in [0.2, 0.25) is 0 Å². The van der Waals surface area contributed by atoms with Crippen molar-refractivity contribution in [2.24, 2.45) is 0 Å². The molecule has 1 N–H and O–H groups in total. The summed E-state index contributed by atoms with van der Waals surface area (Å²) in [5, 5.41) is 3.39. The molecule has 110 valence electrons. The molecule has 1 atom stereocenters. The van der Waals surface area contributed by atoms with Gasteiger partial charge < -0.3 is 19.9 Å². The highest BCUT2D eigenvalue weighted by atomic mass is 16.5. The van der Waals surface area contributed by atoms with Gasteiger partial charge in [-0.3, -0.25) is 4.79 Å². The summed E-state index contributed by atoms with van der Waals surface area (Å²) in [5.41, 5.74) is 0. The lowest BCUT2D eigenvalue weighted by Gasteiger charge is -2.36. The van der Waals surface area contributed by atoms with Crippen LogP contribution in [0.25, 0.3) is 0 Å². The van der Waals surface area contributed by atoms with E-state index in [1.807, 2.05) is 0 Å². The molecule has 5 heteroatoms. The van der Waals surface area contributed by atoms with E-state index in [0.29, 0.717) is 12.1 Å². The van der Waals surface area contributed by atoms with Gasteiger partial charge in [0.2, 0.25) is 0 Å². The third kappa shape index (κ3) is 4.44. The highest BCUT2D eigenvalue weighted by molar-refractivity contribution is 5.76. The molecule has 2 fully saturated rings. The number of carbonyl (C=O) groups is 1. The number of carbonyl (C=O) groups excluding carboxylic acids is 1. The summed E-state index contributed by atoms with van der Waals surface area (Å²) < 4.78 is 4.91. The fourth-order valence-corrected chi connectivity index (χ4v) is 2.74. The Balaban J connectivity index is 1.82. The van der Waals surface area contributed by atoms with Gasteiger partial charge in [-0.15, -0.1) is 0 Å². The number of esters is 1. The van der Waals surface area contributed by atoms with Gasteiger partial charge in [0.05, 0.1) is 7.11 Å². The molecule has 0 amide bonds. The number of hydrogen-bond acceptors (Lipinski definition) is 5. The van der Waals surface area contributed by atoms with Crippen LogP contribution >= 0.6 is 0 Å². The minimum atomic E-state index is -0.179. The standard InChI is InChI=1S/C14H27N3O2/c1-16-8-6-12(7-9-16)17(2)10-13(14(18)19-3)15-11-4-5-11/h11-13,15H,4-10H2,1-3H3. The predicted molar refractivity (Wildman–Crippen MR) is 75.1 cm³/mol. The fraction of sp³-hybridized carbons (Fsp3) is 0.929.